The molecule has 0 saturated heterocycles. The second kappa shape index (κ2) is 12.2. The van der Waals surface area contributed by atoms with E-state index in [1.807, 2.05) is 37.4 Å². The highest BCUT2D eigenvalue weighted by Gasteiger charge is 2.23. The Kier molecular flexibility index (Phi) is 9.96. The molecule has 1 aromatic carbocycles. The molecule has 6 nitrogen and oxygen atoms in total. The number of thioether (sulfide) groups is 2. The third-order valence-corrected chi connectivity index (χ3v) is 6.22. The fraction of sp³-hybridized carbons (Fsp3) is 0.400. The first-order chi connectivity index (χ1) is 13.9. The largest absolute Gasteiger partial charge is 0.339 e. The number of carbonyl (C=O) groups is 2. The molecule has 1 atom stereocenters. The van der Waals surface area contributed by atoms with E-state index in [2.05, 4.69) is 43.5 Å². The predicted molar refractivity (Wildman–Crippen MR) is 125 cm³/mol. The number of hydrogen-bond acceptors (Lipinski definition) is 6. The minimum absolute atomic E-state index is 0.232. The Hall–Kier alpha value is -1.58. The zero-order valence-electron chi connectivity index (χ0n) is 16.7. The Morgan fingerprint density at radius 1 is 1.21 bits per heavy atom. The molecule has 0 fully saturated rings. The minimum Gasteiger partial charge on any atom is -0.339 e. The summed E-state index contributed by atoms with van der Waals surface area (Å²) in [6.07, 6.45) is 5.05. The molecule has 0 spiro atoms. The van der Waals surface area contributed by atoms with E-state index in [1.54, 1.807) is 18.0 Å². The molecular formula is C20H25BrN4O2S2. The van der Waals surface area contributed by atoms with Gasteiger partial charge in [0.25, 0.3) is 5.91 Å². The molecule has 0 aliphatic carbocycles. The van der Waals surface area contributed by atoms with Crippen LogP contribution in [-0.2, 0) is 4.79 Å². The first-order valence-electron chi connectivity index (χ1n) is 9.27. The van der Waals surface area contributed by atoms with Crippen molar-refractivity contribution in [1.82, 2.24) is 15.3 Å². The van der Waals surface area contributed by atoms with E-state index in [0.717, 1.165) is 23.5 Å². The van der Waals surface area contributed by atoms with Crippen molar-refractivity contribution in [2.45, 2.75) is 37.9 Å². The molecule has 1 heterocycles. The van der Waals surface area contributed by atoms with E-state index >= 15 is 0 Å². The number of rotatable bonds is 10. The summed E-state index contributed by atoms with van der Waals surface area (Å²) in [5.74, 6) is 0.970. The lowest BCUT2D eigenvalue weighted by Gasteiger charge is -2.18. The lowest BCUT2D eigenvalue weighted by molar-refractivity contribution is -0.118. The number of amides is 2. The smallest absolute Gasteiger partial charge is 0.271 e. The van der Waals surface area contributed by atoms with Crippen LogP contribution in [0.4, 0.5) is 5.69 Å². The second-order valence-corrected chi connectivity index (χ2v) is 9.26. The molecule has 2 N–H and O–H groups in total. The van der Waals surface area contributed by atoms with Crippen LogP contribution < -0.4 is 10.6 Å². The molecule has 156 valence electrons. The highest BCUT2D eigenvalue weighted by molar-refractivity contribution is 9.10. The number of nitrogens with zero attached hydrogens (tertiary/aromatic N) is 2. The van der Waals surface area contributed by atoms with Gasteiger partial charge in [-0.3, -0.25) is 9.59 Å². The average molecular weight is 497 g/mol. The van der Waals surface area contributed by atoms with Crippen molar-refractivity contribution in [3.05, 3.63) is 46.2 Å². The quantitative estimate of drug-likeness (QED) is 0.371. The molecule has 2 aromatic rings. The van der Waals surface area contributed by atoms with Gasteiger partial charge < -0.3 is 10.6 Å². The van der Waals surface area contributed by atoms with Crippen LogP contribution >= 0.6 is 39.5 Å². The highest BCUT2D eigenvalue weighted by atomic mass is 79.9. The highest BCUT2D eigenvalue weighted by Crippen LogP contribution is 2.20. The first-order valence-corrected chi connectivity index (χ1v) is 12.4. The monoisotopic (exact) mass is 496 g/mol. The molecule has 1 unspecified atom stereocenters. The number of anilines is 1. The molecule has 1 aromatic heterocycles. The van der Waals surface area contributed by atoms with E-state index in [4.69, 9.17) is 0 Å². The molecule has 0 aliphatic heterocycles. The third-order valence-electron chi connectivity index (χ3n) is 3.92. The lowest BCUT2D eigenvalue weighted by Crippen LogP contribution is -2.44. The fourth-order valence-electron chi connectivity index (χ4n) is 2.37. The van der Waals surface area contributed by atoms with Crippen LogP contribution in [0.3, 0.4) is 0 Å². The lowest BCUT2D eigenvalue weighted by atomic mass is 10.1. The Morgan fingerprint density at radius 2 is 1.93 bits per heavy atom. The second-order valence-electron chi connectivity index (χ2n) is 6.36. The van der Waals surface area contributed by atoms with Crippen molar-refractivity contribution in [2.24, 2.45) is 0 Å². The van der Waals surface area contributed by atoms with Gasteiger partial charge in [0.05, 0.1) is 4.47 Å². The number of benzene rings is 1. The first kappa shape index (κ1) is 23.7. The number of hydrogen-bond donors (Lipinski definition) is 2. The molecule has 0 bridgehead atoms. The van der Waals surface area contributed by atoms with Gasteiger partial charge in [0.1, 0.15) is 11.7 Å². The van der Waals surface area contributed by atoms with Crippen molar-refractivity contribution in [3.8, 4) is 0 Å². The molecule has 0 aliphatic rings. The number of halogens is 1. The van der Waals surface area contributed by atoms with E-state index in [1.165, 1.54) is 11.8 Å². The Morgan fingerprint density at radius 3 is 2.59 bits per heavy atom. The van der Waals surface area contributed by atoms with E-state index in [-0.39, 0.29) is 11.6 Å². The van der Waals surface area contributed by atoms with Crippen LogP contribution in [0.5, 0.6) is 0 Å². The standard InChI is InChI=1S/C20H25BrN4O2S2/c1-4-10-29-20-22-12-15(21)17(25-20)19(27)24-16(9-11-28-3)18(26)23-14-7-5-13(2)6-8-14/h5-8,12,16H,4,9-11H2,1-3H3,(H,23,26)(H,24,27). The van der Waals surface area contributed by atoms with Crippen molar-refractivity contribution < 1.29 is 9.59 Å². The summed E-state index contributed by atoms with van der Waals surface area (Å²) in [6.45, 7) is 4.06. The van der Waals surface area contributed by atoms with E-state index in [0.29, 0.717) is 21.7 Å². The van der Waals surface area contributed by atoms with Gasteiger partial charge in [-0.15, -0.1) is 0 Å². The summed E-state index contributed by atoms with van der Waals surface area (Å²) < 4.78 is 0.499. The van der Waals surface area contributed by atoms with Crippen molar-refractivity contribution >= 4 is 57.0 Å². The summed E-state index contributed by atoms with van der Waals surface area (Å²) in [4.78, 5) is 34.2. The zero-order valence-corrected chi connectivity index (χ0v) is 19.9. The normalized spacial score (nSPS) is 11.7. The van der Waals surface area contributed by atoms with E-state index in [9.17, 15) is 9.59 Å². The number of carbonyl (C=O) groups excluding carboxylic acids is 2. The van der Waals surface area contributed by atoms with Crippen molar-refractivity contribution in [2.75, 3.05) is 23.1 Å². The van der Waals surface area contributed by atoms with Gasteiger partial charge in [0.15, 0.2) is 5.16 Å². The van der Waals surface area contributed by atoms with Crippen LogP contribution in [0, 0.1) is 6.92 Å². The molecule has 0 saturated carbocycles. The number of aromatic nitrogens is 2. The maximum absolute atomic E-state index is 12.8. The average Bonchev–Trinajstić information content (AvgIpc) is 2.71. The summed E-state index contributed by atoms with van der Waals surface area (Å²) in [7, 11) is 0. The SMILES string of the molecule is CCCSc1ncc(Br)c(C(=O)NC(CCSC)C(=O)Nc2ccc(C)cc2)n1. The van der Waals surface area contributed by atoms with Gasteiger partial charge in [-0.05, 0) is 59.8 Å². The van der Waals surface area contributed by atoms with Gasteiger partial charge in [-0.1, -0.05) is 36.4 Å². The van der Waals surface area contributed by atoms with Crippen LogP contribution in [0.2, 0.25) is 0 Å². The Balaban J connectivity index is 2.13. The van der Waals surface area contributed by atoms with Gasteiger partial charge in [-0.25, -0.2) is 9.97 Å². The molecule has 29 heavy (non-hydrogen) atoms. The molecule has 2 amide bonds. The fourth-order valence-corrected chi connectivity index (χ4v) is 3.88. The third kappa shape index (κ3) is 7.64. The zero-order chi connectivity index (χ0) is 21.2. The Labute approximate surface area is 188 Å². The van der Waals surface area contributed by atoms with Crippen LogP contribution in [0.1, 0.15) is 35.8 Å². The summed E-state index contributed by atoms with van der Waals surface area (Å²) in [5, 5.41) is 6.25. The minimum atomic E-state index is -0.662. The molecule has 2 rings (SSSR count). The maximum Gasteiger partial charge on any atom is 0.271 e. The number of nitrogens with one attached hydrogen (secondary N) is 2. The van der Waals surface area contributed by atoms with Gasteiger partial charge in [0.2, 0.25) is 5.91 Å². The number of aryl methyl sites for hydroxylation is 1. The van der Waals surface area contributed by atoms with Crippen LogP contribution in [0.25, 0.3) is 0 Å². The van der Waals surface area contributed by atoms with Crippen LogP contribution in [-0.4, -0.2) is 45.6 Å². The maximum atomic E-state index is 12.8. The van der Waals surface area contributed by atoms with Gasteiger partial charge in [0, 0.05) is 17.6 Å². The molecule has 0 radical (unpaired) electrons. The van der Waals surface area contributed by atoms with Crippen molar-refractivity contribution in [1.29, 1.82) is 0 Å². The summed E-state index contributed by atoms with van der Waals surface area (Å²) in [5.41, 5.74) is 2.04. The van der Waals surface area contributed by atoms with Gasteiger partial charge in [-0.2, -0.15) is 11.8 Å². The van der Waals surface area contributed by atoms with E-state index < -0.39 is 11.9 Å². The van der Waals surface area contributed by atoms with Gasteiger partial charge >= 0.3 is 0 Å². The predicted octanol–water partition coefficient (Wildman–Crippen LogP) is 4.54. The molecule has 9 heteroatoms. The van der Waals surface area contributed by atoms with Crippen molar-refractivity contribution in [3.63, 3.8) is 0 Å². The summed E-state index contributed by atoms with van der Waals surface area (Å²) >= 11 is 6.46. The Bertz CT molecular complexity index is 834. The van der Waals surface area contributed by atoms with Crippen LogP contribution in [0.15, 0.2) is 40.1 Å². The summed E-state index contributed by atoms with van der Waals surface area (Å²) in [6, 6.07) is 6.89. The molecular weight excluding hydrogens is 472 g/mol. The topological polar surface area (TPSA) is 84.0 Å².